The van der Waals surface area contributed by atoms with Crippen LogP contribution in [-0.4, -0.2) is 50.4 Å². The molecular formula is C40H43F6N5O5. The molecule has 4 aromatic rings. The molecule has 0 unspecified atom stereocenters. The number of rotatable bonds is 7. The monoisotopic (exact) mass is 787 g/mol. The maximum Gasteiger partial charge on any atom is 0.426 e. The van der Waals surface area contributed by atoms with Gasteiger partial charge in [0.1, 0.15) is 11.3 Å². The van der Waals surface area contributed by atoms with Gasteiger partial charge in [-0.25, -0.2) is 9.78 Å². The topological polar surface area (TPSA) is 120 Å². The van der Waals surface area contributed by atoms with Crippen LogP contribution in [0.15, 0.2) is 65.1 Å². The van der Waals surface area contributed by atoms with Crippen LogP contribution in [0.2, 0.25) is 0 Å². The Kier molecular flexibility index (Phi) is 11.5. The van der Waals surface area contributed by atoms with Gasteiger partial charge in [0.05, 0.1) is 17.9 Å². The first-order valence-corrected chi connectivity index (χ1v) is 18.4. The molecule has 1 aliphatic heterocycles. The summed E-state index contributed by atoms with van der Waals surface area (Å²) in [6.07, 6.45) is -9.87. The Balaban J connectivity index is 1.47. The number of pyridine rings is 1. The molecule has 10 nitrogen and oxygen atoms in total. The summed E-state index contributed by atoms with van der Waals surface area (Å²) in [5, 5.41) is 9.66. The number of carbonyl (C=O) groups excluding carboxylic acids is 2. The molecule has 0 spiro atoms. The van der Waals surface area contributed by atoms with E-state index in [0.717, 1.165) is 18.4 Å². The number of amides is 2. The van der Waals surface area contributed by atoms with E-state index in [4.69, 9.17) is 13.9 Å². The Morgan fingerprint density at radius 2 is 1.62 bits per heavy atom. The fourth-order valence-electron chi connectivity index (χ4n) is 6.96. The van der Waals surface area contributed by atoms with Crippen LogP contribution in [-0.2, 0) is 34.4 Å². The van der Waals surface area contributed by atoms with Crippen LogP contribution in [0.25, 0.3) is 11.6 Å². The molecular weight excluding hydrogens is 744 g/mol. The molecule has 4 bridgehead atoms. The summed E-state index contributed by atoms with van der Waals surface area (Å²) in [4.78, 5) is 32.4. The summed E-state index contributed by atoms with van der Waals surface area (Å²) < 4.78 is 107. The van der Waals surface area contributed by atoms with Gasteiger partial charge in [-0.3, -0.25) is 10.1 Å². The number of alkyl halides is 6. The summed E-state index contributed by atoms with van der Waals surface area (Å²) in [5.74, 6) is -1.88. The van der Waals surface area contributed by atoms with Crippen LogP contribution in [0.3, 0.4) is 0 Å². The van der Waals surface area contributed by atoms with Gasteiger partial charge in [0.2, 0.25) is 5.60 Å². The molecule has 0 saturated heterocycles. The molecule has 1 saturated carbocycles. The molecule has 16 heteroatoms. The van der Waals surface area contributed by atoms with Gasteiger partial charge < -0.3 is 18.8 Å². The molecule has 2 aromatic heterocycles. The number of ether oxygens (including phenoxy) is 2. The smallest absolute Gasteiger partial charge is 0.426 e. The number of halogens is 6. The minimum absolute atomic E-state index is 0.0919. The predicted octanol–water partition coefficient (Wildman–Crippen LogP) is 10.2. The number of aromatic nitrogens is 3. The Bertz CT molecular complexity index is 2010. The molecule has 2 aromatic carbocycles. The van der Waals surface area contributed by atoms with Crippen molar-refractivity contribution in [1.82, 2.24) is 20.1 Å². The zero-order valence-corrected chi connectivity index (χ0v) is 31.4. The van der Waals surface area contributed by atoms with E-state index in [1.54, 1.807) is 30.3 Å². The summed E-state index contributed by atoms with van der Waals surface area (Å²) in [6.45, 7) is 6.03. The van der Waals surface area contributed by atoms with Gasteiger partial charge in [-0.15, -0.1) is 10.2 Å². The Morgan fingerprint density at radius 1 is 0.929 bits per heavy atom. The lowest BCUT2D eigenvalue weighted by atomic mass is 9.72. The molecule has 1 atom stereocenters. The lowest BCUT2D eigenvalue weighted by Crippen LogP contribution is -2.45. The third kappa shape index (κ3) is 9.17. The number of hydrogen-bond donors (Lipinski definition) is 1. The SMILES string of the molecule is CC1CC(c2ccc(CN3CCCCC[C@](OCc4ccccc4)(C(F)(F)F)c4nnc(o4)-c4nc(c(C(F)(F)F)cc4NC(=O)OC(C)(C)C)C3=O)cc2)C1. The lowest BCUT2D eigenvalue weighted by Gasteiger charge is -2.33. The van der Waals surface area contributed by atoms with E-state index >= 15 is 13.2 Å². The first kappa shape index (κ1) is 40.7. The van der Waals surface area contributed by atoms with Crippen LogP contribution >= 0.6 is 0 Å². The average molecular weight is 788 g/mol. The molecule has 2 aliphatic rings. The van der Waals surface area contributed by atoms with E-state index in [2.05, 4.69) is 27.4 Å². The summed E-state index contributed by atoms with van der Waals surface area (Å²) >= 11 is 0. The molecule has 1 aliphatic carbocycles. The normalized spacial score (nSPS) is 20.9. The maximum atomic E-state index is 15.3. The highest BCUT2D eigenvalue weighted by molar-refractivity contribution is 5.97. The third-order valence-corrected chi connectivity index (χ3v) is 9.87. The van der Waals surface area contributed by atoms with Crippen molar-refractivity contribution in [2.75, 3.05) is 11.9 Å². The van der Waals surface area contributed by atoms with E-state index in [1.165, 1.54) is 25.7 Å². The number of benzene rings is 2. The highest BCUT2D eigenvalue weighted by Crippen LogP contribution is 2.48. The summed E-state index contributed by atoms with van der Waals surface area (Å²) in [5.41, 5.74) is -5.98. The molecule has 3 heterocycles. The number of nitrogens with zero attached hydrogens (tertiary/aromatic N) is 4. The molecule has 300 valence electrons. The van der Waals surface area contributed by atoms with E-state index in [1.807, 2.05) is 24.3 Å². The first-order chi connectivity index (χ1) is 26.3. The Labute approximate surface area is 320 Å². The highest BCUT2D eigenvalue weighted by atomic mass is 19.4. The highest BCUT2D eigenvalue weighted by Gasteiger charge is 2.61. The van der Waals surface area contributed by atoms with Crippen LogP contribution in [0, 0.1) is 5.92 Å². The molecule has 56 heavy (non-hydrogen) atoms. The second kappa shape index (κ2) is 15.9. The number of fused-ring (bicyclic) bond motifs is 5. The quantitative estimate of drug-likeness (QED) is 0.184. The summed E-state index contributed by atoms with van der Waals surface area (Å²) in [7, 11) is 0. The Morgan fingerprint density at radius 3 is 2.25 bits per heavy atom. The zero-order valence-electron chi connectivity index (χ0n) is 31.4. The second-order valence-corrected chi connectivity index (χ2v) is 15.5. The van der Waals surface area contributed by atoms with Crippen molar-refractivity contribution < 1.29 is 49.8 Å². The number of nitrogens with one attached hydrogen (secondary N) is 1. The van der Waals surface area contributed by atoms with Crippen molar-refractivity contribution in [2.24, 2.45) is 5.92 Å². The van der Waals surface area contributed by atoms with E-state index in [0.29, 0.717) is 29.0 Å². The van der Waals surface area contributed by atoms with Crippen LogP contribution in [0.1, 0.15) is 111 Å². The van der Waals surface area contributed by atoms with Gasteiger partial charge in [0.25, 0.3) is 17.7 Å². The molecule has 1 N–H and O–H groups in total. The van der Waals surface area contributed by atoms with Gasteiger partial charge in [0, 0.05) is 13.1 Å². The molecule has 1 fully saturated rings. The van der Waals surface area contributed by atoms with Crippen molar-refractivity contribution in [3.63, 3.8) is 0 Å². The van der Waals surface area contributed by atoms with Crippen molar-refractivity contribution in [3.05, 3.63) is 94.5 Å². The van der Waals surface area contributed by atoms with Crippen LogP contribution < -0.4 is 5.32 Å². The third-order valence-electron chi connectivity index (χ3n) is 9.87. The molecule has 6 rings (SSSR count). The van der Waals surface area contributed by atoms with Gasteiger partial charge in [-0.1, -0.05) is 67.9 Å². The second-order valence-electron chi connectivity index (χ2n) is 15.5. The van der Waals surface area contributed by atoms with E-state index in [-0.39, 0.29) is 32.4 Å². The summed E-state index contributed by atoms with van der Waals surface area (Å²) in [6, 6.07) is 16.1. The van der Waals surface area contributed by atoms with Crippen molar-refractivity contribution >= 4 is 17.7 Å². The number of anilines is 1. The van der Waals surface area contributed by atoms with Gasteiger partial charge in [-0.2, -0.15) is 26.3 Å². The van der Waals surface area contributed by atoms with Gasteiger partial charge in [-0.05, 0) is 87.5 Å². The largest absolute Gasteiger partial charge is 0.444 e. The Hall–Kier alpha value is -4.99. The minimum Gasteiger partial charge on any atom is -0.444 e. The van der Waals surface area contributed by atoms with Gasteiger partial charge >= 0.3 is 18.4 Å². The first-order valence-electron chi connectivity index (χ1n) is 18.4. The number of carbonyl (C=O) groups is 2. The molecule has 0 radical (unpaired) electrons. The standard InChI is InChI=1S/C40H43F6N5O5/c1-24-19-28(20-24)27-15-13-25(14-16-27)22-51-18-10-6-9-17-38(40(44,45)46,54-23-26-11-7-5-8-12-26)35-50-49-33(55-35)32-30(47-36(53)56-37(2,3)4)21-29(39(41,42)43)31(48-32)34(51)52/h5,7-8,11-16,21,24,28H,6,9-10,17-20,22-23H2,1-4H3,(H,47,53)/t24?,28?,38-/m1/s1. The maximum absolute atomic E-state index is 15.3. The fourth-order valence-corrected chi connectivity index (χ4v) is 6.96. The fraction of sp³-hybridized carbons (Fsp3) is 0.475. The average Bonchev–Trinajstić information content (AvgIpc) is 3.59. The van der Waals surface area contributed by atoms with Gasteiger partial charge in [0.15, 0.2) is 5.69 Å². The predicted molar refractivity (Wildman–Crippen MR) is 192 cm³/mol. The van der Waals surface area contributed by atoms with Crippen LogP contribution in [0.5, 0.6) is 0 Å². The van der Waals surface area contributed by atoms with E-state index in [9.17, 15) is 22.8 Å². The van der Waals surface area contributed by atoms with Crippen molar-refractivity contribution in [2.45, 2.75) is 109 Å². The van der Waals surface area contributed by atoms with Crippen molar-refractivity contribution in [3.8, 4) is 11.6 Å². The lowest BCUT2D eigenvalue weighted by molar-refractivity contribution is -0.300. The number of hydrogen-bond acceptors (Lipinski definition) is 8. The van der Waals surface area contributed by atoms with E-state index < -0.39 is 83.0 Å². The zero-order chi connectivity index (χ0) is 40.5. The molecule has 2 amide bonds. The van der Waals surface area contributed by atoms with Crippen LogP contribution in [0.4, 0.5) is 36.8 Å². The minimum atomic E-state index is -5.17. The van der Waals surface area contributed by atoms with Crippen molar-refractivity contribution in [1.29, 1.82) is 0 Å².